The summed E-state index contributed by atoms with van der Waals surface area (Å²) < 4.78 is 6.22. The van der Waals surface area contributed by atoms with Crippen LogP contribution in [0.1, 0.15) is 68.1 Å². The molecule has 2 heteroatoms. The van der Waals surface area contributed by atoms with Crippen LogP contribution in [0.5, 0.6) is 5.75 Å². The van der Waals surface area contributed by atoms with Gasteiger partial charge in [-0.25, -0.2) is 0 Å². The lowest BCUT2D eigenvalue weighted by Gasteiger charge is -2.36. The van der Waals surface area contributed by atoms with E-state index >= 15 is 0 Å². The van der Waals surface area contributed by atoms with Crippen LogP contribution in [0.4, 0.5) is 0 Å². The van der Waals surface area contributed by atoms with E-state index in [0.29, 0.717) is 0 Å². The van der Waals surface area contributed by atoms with Crippen LogP contribution in [0.25, 0.3) is 0 Å². The van der Waals surface area contributed by atoms with Gasteiger partial charge in [0, 0.05) is 11.1 Å². The van der Waals surface area contributed by atoms with Gasteiger partial charge >= 0.3 is 0 Å². The summed E-state index contributed by atoms with van der Waals surface area (Å²) in [5.41, 5.74) is 10.5. The van der Waals surface area contributed by atoms with E-state index in [0.717, 1.165) is 31.1 Å². The molecule has 0 bridgehead atoms. The molecule has 3 rings (SSSR count). The van der Waals surface area contributed by atoms with Crippen LogP contribution in [-0.4, -0.2) is 6.61 Å². The van der Waals surface area contributed by atoms with Crippen molar-refractivity contribution in [3.63, 3.8) is 0 Å². The average Bonchev–Trinajstić information content (AvgIpc) is 2.41. The minimum absolute atomic E-state index is 0.175. The number of aryl methyl sites for hydroxylation is 2. The summed E-state index contributed by atoms with van der Waals surface area (Å²) in [6.07, 6.45) is 10.0. The van der Waals surface area contributed by atoms with Gasteiger partial charge in [0.25, 0.3) is 0 Å². The zero-order valence-corrected chi connectivity index (χ0v) is 13.6. The normalized spacial score (nSPS) is 21.9. The number of rotatable bonds is 4. The molecule has 1 aromatic rings. The van der Waals surface area contributed by atoms with E-state index in [2.05, 4.69) is 26.0 Å². The lowest BCUT2D eigenvalue weighted by atomic mass is 9.76. The minimum Gasteiger partial charge on any atom is -0.493 e. The smallest absolute Gasteiger partial charge is 0.124 e. The monoisotopic (exact) mass is 287 g/mol. The molecule has 0 aliphatic heterocycles. The van der Waals surface area contributed by atoms with Gasteiger partial charge < -0.3 is 10.5 Å². The number of hydrogen-bond donors (Lipinski definition) is 1. The van der Waals surface area contributed by atoms with E-state index in [1.807, 2.05) is 0 Å². The van der Waals surface area contributed by atoms with Crippen LogP contribution in [0.2, 0.25) is 0 Å². The second kappa shape index (κ2) is 6.00. The van der Waals surface area contributed by atoms with Crippen molar-refractivity contribution in [2.45, 2.75) is 70.8 Å². The standard InChI is InChI=1S/C19H29NO/c1-14-11-17(19(20)9-4-3-5-10-19)18(12-15(14)2)21-13-16-7-6-8-16/h11-12,16H,3-10,13,20H2,1-2H3. The third kappa shape index (κ3) is 3.11. The van der Waals surface area contributed by atoms with Gasteiger partial charge in [0.2, 0.25) is 0 Å². The highest BCUT2D eigenvalue weighted by Crippen LogP contribution is 2.41. The molecule has 2 fully saturated rings. The summed E-state index contributed by atoms with van der Waals surface area (Å²) in [6.45, 7) is 5.21. The Morgan fingerprint density at radius 1 is 1.05 bits per heavy atom. The van der Waals surface area contributed by atoms with Crippen molar-refractivity contribution >= 4 is 0 Å². The van der Waals surface area contributed by atoms with Gasteiger partial charge in [0.05, 0.1) is 6.61 Å². The van der Waals surface area contributed by atoms with E-state index in [1.165, 1.54) is 55.2 Å². The van der Waals surface area contributed by atoms with Gasteiger partial charge in [0.1, 0.15) is 5.75 Å². The van der Waals surface area contributed by atoms with Crippen molar-refractivity contribution in [3.8, 4) is 5.75 Å². The van der Waals surface area contributed by atoms with Crippen molar-refractivity contribution in [2.75, 3.05) is 6.61 Å². The van der Waals surface area contributed by atoms with Crippen molar-refractivity contribution in [1.82, 2.24) is 0 Å². The second-order valence-corrected chi connectivity index (χ2v) is 7.26. The molecule has 2 N–H and O–H groups in total. The molecule has 0 atom stereocenters. The van der Waals surface area contributed by atoms with Crippen molar-refractivity contribution in [1.29, 1.82) is 0 Å². The first-order chi connectivity index (χ1) is 10.1. The first kappa shape index (κ1) is 14.9. The van der Waals surface area contributed by atoms with E-state index < -0.39 is 0 Å². The summed E-state index contributed by atoms with van der Waals surface area (Å²) in [5, 5.41) is 0. The highest BCUT2D eigenvalue weighted by Gasteiger charge is 2.33. The third-order valence-corrected chi connectivity index (χ3v) is 5.58. The minimum atomic E-state index is -0.175. The Labute approximate surface area is 129 Å². The highest BCUT2D eigenvalue weighted by atomic mass is 16.5. The lowest BCUT2D eigenvalue weighted by molar-refractivity contribution is 0.175. The zero-order valence-electron chi connectivity index (χ0n) is 13.6. The fraction of sp³-hybridized carbons (Fsp3) is 0.684. The maximum atomic E-state index is 6.77. The molecule has 2 saturated carbocycles. The predicted octanol–water partition coefficient (Wildman–Crippen LogP) is 4.60. The van der Waals surface area contributed by atoms with Gasteiger partial charge in [-0.1, -0.05) is 31.7 Å². The molecule has 2 aliphatic carbocycles. The van der Waals surface area contributed by atoms with E-state index in [1.54, 1.807) is 0 Å². The Morgan fingerprint density at radius 3 is 2.33 bits per heavy atom. The predicted molar refractivity (Wildman–Crippen MR) is 87.7 cm³/mol. The van der Waals surface area contributed by atoms with Crippen LogP contribution < -0.4 is 10.5 Å². The van der Waals surface area contributed by atoms with Crippen LogP contribution in [0.15, 0.2) is 12.1 Å². The quantitative estimate of drug-likeness (QED) is 0.878. The van der Waals surface area contributed by atoms with Crippen molar-refractivity contribution in [2.24, 2.45) is 11.7 Å². The summed E-state index contributed by atoms with van der Waals surface area (Å²) in [4.78, 5) is 0. The first-order valence-corrected chi connectivity index (χ1v) is 8.62. The molecule has 0 amide bonds. The Morgan fingerprint density at radius 2 is 1.71 bits per heavy atom. The largest absolute Gasteiger partial charge is 0.493 e. The maximum absolute atomic E-state index is 6.77. The molecule has 0 spiro atoms. The summed E-state index contributed by atoms with van der Waals surface area (Å²) in [7, 11) is 0. The third-order valence-electron chi connectivity index (χ3n) is 5.58. The van der Waals surface area contributed by atoms with Crippen LogP contribution in [0, 0.1) is 19.8 Å². The zero-order chi connectivity index (χ0) is 14.9. The SMILES string of the molecule is Cc1cc(OCC2CCC2)c(C2(N)CCCCC2)cc1C. The fourth-order valence-corrected chi connectivity index (χ4v) is 3.62. The summed E-state index contributed by atoms with van der Waals surface area (Å²) in [5.74, 6) is 1.81. The molecule has 0 saturated heterocycles. The topological polar surface area (TPSA) is 35.2 Å². The van der Waals surface area contributed by atoms with E-state index in [9.17, 15) is 0 Å². The van der Waals surface area contributed by atoms with Crippen molar-refractivity contribution in [3.05, 3.63) is 28.8 Å². The van der Waals surface area contributed by atoms with E-state index in [4.69, 9.17) is 10.5 Å². The molecule has 116 valence electrons. The van der Waals surface area contributed by atoms with Crippen LogP contribution >= 0.6 is 0 Å². The highest BCUT2D eigenvalue weighted by molar-refractivity contribution is 5.45. The number of hydrogen-bond acceptors (Lipinski definition) is 2. The van der Waals surface area contributed by atoms with Crippen LogP contribution in [-0.2, 0) is 5.54 Å². The van der Waals surface area contributed by atoms with Crippen LogP contribution in [0.3, 0.4) is 0 Å². The Bertz CT molecular complexity index is 499. The second-order valence-electron chi connectivity index (χ2n) is 7.26. The fourth-order valence-electron chi connectivity index (χ4n) is 3.62. The van der Waals surface area contributed by atoms with Gasteiger partial charge in [-0.05, 0) is 62.6 Å². The Balaban J connectivity index is 1.86. The number of benzene rings is 1. The van der Waals surface area contributed by atoms with Crippen molar-refractivity contribution < 1.29 is 4.74 Å². The molecular formula is C19H29NO. The van der Waals surface area contributed by atoms with E-state index in [-0.39, 0.29) is 5.54 Å². The average molecular weight is 287 g/mol. The molecule has 2 nitrogen and oxygen atoms in total. The molecule has 1 aromatic carbocycles. The molecule has 0 unspecified atom stereocenters. The lowest BCUT2D eigenvalue weighted by Crippen LogP contribution is -2.39. The van der Waals surface area contributed by atoms with Gasteiger partial charge in [-0.2, -0.15) is 0 Å². The van der Waals surface area contributed by atoms with Gasteiger partial charge in [-0.3, -0.25) is 0 Å². The van der Waals surface area contributed by atoms with Gasteiger partial charge in [-0.15, -0.1) is 0 Å². The Kier molecular flexibility index (Phi) is 4.26. The maximum Gasteiger partial charge on any atom is 0.124 e. The summed E-state index contributed by atoms with van der Waals surface area (Å²) in [6, 6.07) is 4.50. The molecular weight excluding hydrogens is 258 g/mol. The number of ether oxygens (including phenoxy) is 1. The molecule has 0 heterocycles. The molecule has 0 aromatic heterocycles. The molecule has 0 radical (unpaired) electrons. The first-order valence-electron chi connectivity index (χ1n) is 8.62. The number of nitrogens with two attached hydrogens (primary N) is 1. The molecule has 2 aliphatic rings. The Hall–Kier alpha value is -1.02. The summed E-state index contributed by atoms with van der Waals surface area (Å²) >= 11 is 0. The van der Waals surface area contributed by atoms with Gasteiger partial charge in [0.15, 0.2) is 0 Å². The molecule has 21 heavy (non-hydrogen) atoms.